The Morgan fingerprint density at radius 1 is 1.08 bits per heavy atom. The number of cyclic esters (lactones) is 2. The van der Waals surface area contributed by atoms with Crippen LogP contribution in [0.1, 0.15) is 13.8 Å². The number of benzene rings is 1. The summed E-state index contributed by atoms with van der Waals surface area (Å²) in [7, 11) is 3.11. The predicted molar refractivity (Wildman–Crippen MR) is 88.3 cm³/mol. The molecule has 1 aliphatic heterocycles. The van der Waals surface area contributed by atoms with Crippen molar-refractivity contribution in [2.75, 3.05) is 32.8 Å². The fourth-order valence-electron chi connectivity index (χ4n) is 2.05. The average molecular weight is 351 g/mol. The van der Waals surface area contributed by atoms with E-state index in [2.05, 4.69) is 5.32 Å². The van der Waals surface area contributed by atoms with E-state index >= 15 is 0 Å². The number of hydrogen-bond donors (Lipinski definition) is 1. The summed E-state index contributed by atoms with van der Waals surface area (Å²) < 4.78 is 25.8. The van der Waals surface area contributed by atoms with Crippen molar-refractivity contribution in [1.82, 2.24) is 0 Å². The van der Waals surface area contributed by atoms with Crippen molar-refractivity contribution >= 4 is 17.6 Å². The van der Waals surface area contributed by atoms with E-state index in [1.807, 2.05) is 0 Å². The van der Waals surface area contributed by atoms with Crippen molar-refractivity contribution in [2.24, 2.45) is 0 Å². The molecule has 1 fully saturated rings. The lowest BCUT2D eigenvalue weighted by atomic mass is 10.2. The standard InChI is InChI=1S/C17H21NO7/c1-17(2)24-15(19)12(16(20)25-17)10-18-11-5-6-13(22-4)14(9-11)23-8-7-21-3/h5-6,9-10,18H,7-8H2,1-4H3. The lowest BCUT2D eigenvalue weighted by Crippen LogP contribution is -2.42. The minimum atomic E-state index is -1.27. The molecule has 8 nitrogen and oxygen atoms in total. The molecule has 2 rings (SSSR count). The van der Waals surface area contributed by atoms with Gasteiger partial charge in [0.05, 0.1) is 13.7 Å². The van der Waals surface area contributed by atoms with Crippen LogP contribution in [0.3, 0.4) is 0 Å². The summed E-state index contributed by atoms with van der Waals surface area (Å²) in [6.45, 7) is 3.75. The number of hydrogen-bond acceptors (Lipinski definition) is 8. The smallest absolute Gasteiger partial charge is 0.350 e. The van der Waals surface area contributed by atoms with Crippen LogP contribution in [-0.2, 0) is 23.8 Å². The Balaban J connectivity index is 2.13. The number of carbonyl (C=O) groups excluding carboxylic acids is 2. The van der Waals surface area contributed by atoms with Crippen LogP contribution < -0.4 is 14.8 Å². The third-order valence-electron chi connectivity index (χ3n) is 3.21. The molecule has 0 radical (unpaired) electrons. The van der Waals surface area contributed by atoms with Gasteiger partial charge in [-0.25, -0.2) is 9.59 Å². The van der Waals surface area contributed by atoms with Gasteiger partial charge in [0.1, 0.15) is 6.61 Å². The highest BCUT2D eigenvalue weighted by molar-refractivity contribution is 6.15. The molecule has 1 aromatic carbocycles. The largest absolute Gasteiger partial charge is 0.493 e. The number of carbonyl (C=O) groups is 2. The Kier molecular flexibility index (Phi) is 5.87. The molecule has 0 spiro atoms. The summed E-state index contributed by atoms with van der Waals surface area (Å²) >= 11 is 0. The summed E-state index contributed by atoms with van der Waals surface area (Å²) in [5.41, 5.74) is 0.364. The molecule has 1 heterocycles. The van der Waals surface area contributed by atoms with E-state index in [1.165, 1.54) is 27.2 Å². The zero-order valence-electron chi connectivity index (χ0n) is 14.6. The Hall–Kier alpha value is -2.74. The van der Waals surface area contributed by atoms with Crippen LogP contribution in [0.5, 0.6) is 11.5 Å². The fourth-order valence-corrected chi connectivity index (χ4v) is 2.05. The zero-order chi connectivity index (χ0) is 18.4. The van der Waals surface area contributed by atoms with Crippen LogP contribution in [0.15, 0.2) is 30.0 Å². The second-order valence-electron chi connectivity index (χ2n) is 5.59. The minimum Gasteiger partial charge on any atom is -0.493 e. The van der Waals surface area contributed by atoms with Crippen molar-refractivity contribution < 1.29 is 33.3 Å². The van der Waals surface area contributed by atoms with Gasteiger partial charge in [-0.3, -0.25) is 0 Å². The molecule has 0 saturated carbocycles. The molecule has 1 N–H and O–H groups in total. The van der Waals surface area contributed by atoms with Gasteiger partial charge in [0.25, 0.3) is 5.79 Å². The third kappa shape index (κ3) is 4.87. The van der Waals surface area contributed by atoms with Gasteiger partial charge in [0.15, 0.2) is 17.1 Å². The van der Waals surface area contributed by atoms with Crippen molar-refractivity contribution in [3.63, 3.8) is 0 Å². The number of nitrogens with one attached hydrogen (secondary N) is 1. The summed E-state index contributed by atoms with van der Waals surface area (Å²) in [6.07, 6.45) is 1.24. The maximum Gasteiger partial charge on any atom is 0.350 e. The van der Waals surface area contributed by atoms with Gasteiger partial charge in [-0.15, -0.1) is 0 Å². The van der Waals surface area contributed by atoms with E-state index in [9.17, 15) is 9.59 Å². The van der Waals surface area contributed by atoms with Crippen LogP contribution in [-0.4, -0.2) is 45.2 Å². The number of ether oxygens (including phenoxy) is 5. The second-order valence-corrected chi connectivity index (χ2v) is 5.59. The van der Waals surface area contributed by atoms with Gasteiger partial charge in [0, 0.05) is 38.9 Å². The van der Waals surface area contributed by atoms with Gasteiger partial charge >= 0.3 is 11.9 Å². The summed E-state index contributed by atoms with van der Waals surface area (Å²) in [6, 6.07) is 5.08. The first-order valence-corrected chi connectivity index (χ1v) is 7.59. The normalized spacial score (nSPS) is 15.9. The van der Waals surface area contributed by atoms with Gasteiger partial charge in [-0.2, -0.15) is 0 Å². The fraction of sp³-hybridized carbons (Fsp3) is 0.412. The van der Waals surface area contributed by atoms with E-state index in [4.69, 9.17) is 23.7 Å². The molecule has 25 heavy (non-hydrogen) atoms. The molecule has 1 aliphatic rings. The predicted octanol–water partition coefficient (Wildman–Crippen LogP) is 1.85. The van der Waals surface area contributed by atoms with E-state index in [0.29, 0.717) is 30.4 Å². The first-order valence-electron chi connectivity index (χ1n) is 7.59. The molecular formula is C17H21NO7. The zero-order valence-corrected chi connectivity index (χ0v) is 14.6. The van der Waals surface area contributed by atoms with Gasteiger partial charge in [-0.1, -0.05) is 0 Å². The van der Waals surface area contributed by atoms with Gasteiger partial charge in [-0.05, 0) is 12.1 Å². The van der Waals surface area contributed by atoms with Crippen molar-refractivity contribution in [1.29, 1.82) is 0 Å². The average Bonchev–Trinajstić information content (AvgIpc) is 2.53. The van der Waals surface area contributed by atoms with Crippen LogP contribution in [0, 0.1) is 0 Å². The monoisotopic (exact) mass is 351 g/mol. The molecular weight excluding hydrogens is 330 g/mol. The van der Waals surface area contributed by atoms with E-state index in [0.717, 1.165) is 0 Å². The highest BCUT2D eigenvalue weighted by atomic mass is 16.7. The molecule has 0 amide bonds. The van der Waals surface area contributed by atoms with Crippen LogP contribution in [0.2, 0.25) is 0 Å². The maximum absolute atomic E-state index is 11.9. The van der Waals surface area contributed by atoms with Gasteiger partial charge in [0.2, 0.25) is 0 Å². The SMILES string of the molecule is COCCOc1cc(NC=C2C(=O)OC(C)(C)OC2=O)ccc1OC. The van der Waals surface area contributed by atoms with Crippen LogP contribution in [0.25, 0.3) is 0 Å². The number of esters is 2. The number of methoxy groups -OCH3 is 2. The molecule has 0 bridgehead atoms. The molecule has 8 heteroatoms. The quantitative estimate of drug-likeness (QED) is 0.344. The first kappa shape index (κ1) is 18.6. The third-order valence-corrected chi connectivity index (χ3v) is 3.21. The molecule has 1 saturated heterocycles. The first-order chi connectivity index (χ1) is 11.9. The highest BCUT2D eigenvalue weighted by Crippen LogP contribution is 2.30. The Labute approximate surface area is 145 Å². The lowest BCUT2D eigenvalue weighted by Gasteiger charge is -2.29. The molecule has 0 atom stereocenters. The number of anilines is 1. The molecule has 1 aromatic rings. The minimum absolute atomic E-state index is 0.225. The summed E-state index contributed by atoms with van der Waals surface area (Å²) in [4.78, 5) is 23.8. The van der Waals surface area contributed by atoms with Gasteiger partial charge < -0.3 is 29.0 Å². The molecule has 0 aromatic heterocycles. The lowest BCUT2D eigenvalue weighted by molar-refractivity contribution is -0.222. The summed E-state index contributed by atoms with van der Waals surface area (Å²) in [5, 5.41) is 2.85. The Morgan fingerprint density at radius 3 is 2.36 bits per heavy atom. The Bertz CT molecular complexity index is 660. The highest BCUT2D eigenvalue weighted by Gasteiger charge is 2.38. The second kappa shape index (κ2) is 7.89. The van der Waals surface area contributed by atoms with Crippen LogP contribution in [0.4, 0.5) is 5.69 Å². The number of rotatable bonds is 7. The van der Waals surface area contributed by atoms with Crippen LogP contribution >= 0.6 is 0 Å². The Morgan fingerprint density at radius 2 is 1.76 bits per heavy atom. The maximum atomic E-state index is 11.9. The van der Waals surface area contributed by atoms with E-state index in [-0.39, 0.29) is 5.57 Å². The molecule has 0 unspecified atom stereocenters. The van der Waals surface area contributed by atoms with Crippen molar-refractivity contribution in [2.45, 2.75) is 19.6 Å². The van der Waals surface area contributed by atoms with E-state index < -0.39 is 17.7 Å². The van der Waals surface area contributed by atoms with Crippen molar-refractivity contribution in [3.8, 4) is 11.5 Å². The molecule has 136 valence electrons. The molecule has 0 aliphatic carbocycles. The van der Waals surface area contributed by atoms with E-state index in [1.54, 1.807) is 25.3 Å². The topological polar surface area (TPSA) is 92.3 Å². The van der Waals surface area contributed by atoms with Crippen molar-refractivity contribution in [3.05, 3.63) is 30.0 Å². The summed E-state index contributed by atoms with van der Waals surface area (Å²) in [5.74, 6) is -1.73.